The smallest absolute Gasteiger partial charge is 0.179 e. The second-order valence-corrected chi connectivity index (χ2v) is 16.5. The fraction of sp³-hybridized carbons (Fsp3) is 0.471. The third kappa shape index (κ3) is 6.52. The van der Waals surface area contributed by atoms with Gasteiger partial charge in [-0.05, 0) is 23.6 Å². The van der Waals surface area contributed by atoms with Crippen LogP contribution < -0.4 is 0 Å². The van der Waals surface area contributed by atoms with E-state index in [9.17, 15) is 10.2 Å². The molecule has 0 bridgehead atoms. The van der Waals surface area contributed by atoms with Crippen LogP contribution in [0.15, 0.2) is 91.0 Å². The van der Waals surface area contributed by atoms with E-state index in [1.807, 2.05) is 97.9 Å². The third-order valence-corrected chi connectivity index (χ3v) is 15.2. The van der Waals surface area contributed by atoms with E-state index in [1.165, 1.54) is 0 Å². The molecule has 6 nitrogen and oxygen atoms in total. The maximum Gasteiger partial charge on any atom is 0.179 e. The summed E-state index contributed by atoms with van der Waals surface area (Å²) < 4.78 is 26.8. The van der Waals surface area contributed by atoms with E-state index in [4.69, 9.17) is 18.9 Å². The quantitative estimate of drug-likeness (QED) is 0.220. The number of hydrogen-bond acceptors (Lipinski definition) is 6. The molecular formula is C34H46O6Si. The normalized spacial score (nSPS) is 26.6. The first kappa shape index (κ1) is 31.6. The Kier molecular flexibility index (Phi) is 10.9. The molecular weight excluding hydrogens is 532 g/mol. The van der Waals surface area contributed by atoms with Gasteiger partial charge < -0.3 is 29.2 Å². The summed E-state index contributed by atoms with van der Waals surface area (Å²) >= 11 is 0. The number of hydrogen-bond donors (Lipinski definition) is 2. The summed E-state index contributed by atoms with van der Waals surface area (Å²) in [6.07, 6.45) is -2.22. The zero-order valence-electron chi connectivity index (χ0n) is 24.9. The number of aliphatic hydroxyl groups is 2. The maximum atomic E-state index is 12.9. The molecule has 41 heavy (non-hydrogen) atoms. The molecule has 7 heteroatoms. The van der Waals surface area contributed by atoms with Gasteiger partial charge in [0.25, 0.3) is 0 Å². The van der Waals surface area contributed by atoms with Gasteiger partial charge in [0.15, 0.2) is 5.41 Å². The van der Waals surface area contributed by atoms with Crippen molar-refractivity contribution in [1.82, 2.24) is 0 Å². The second kappa shape index (κ2) is 14.2. The largest absolute Gasteiger partial charge is 0.394 e. The lowest BCUT2D eigenvalue weighted by Crippen LogP contribution is -2.81. The molecule has 1 saturated heterocycles. The van der Waals surface area contributed by atoms with Crippen LogP contribution in [0.3, 0.4) is 0 Å². The lowest BCUT2D eigenvalue weighted by Gasteiger charge is -2.61. The highest BCUT2D eigenvalue weighted by Gasteiger charge is 2.70. The van der Waals surface area contributed by atoms with Crippen molar-refractivity contribution in [3.63, 3.8) is 0 Å². The minimum Gasteiger partial charge on any atom is -0.394 e. The molecule has 0 aliphatic carbocycles. The van der Waals surface area contributed by atoms with Crippen molar-refractivity contribution in [2.75, 3.05) is 6.61 Å². The van der Waals surface area contributed by atoms with Crippen LogP contribution >= 0.6 is 0 Å². The first-order valence-electron chi connectivity index (χ1n) is 14.9. The van der Waals surface area contributed by atoms with Crippen molar-refractivity contribution >= 4 is 8.07 Å². The van der Waals surface area contributed by atoms with Gasteiger partial charge in [0.05, 0.1) is 26.4 Å². The molecule has 1 heterocycles. The fourth-order valence-electron chi connectivity index (χ4n) is 6.33. The highest BCUT2D eigenvalue weighted by Crippen LogP contribution is 2.50. The predicted molar refractivity (Wildman–Crippen MR) is 164 cm³/mol. The topological polar surface area (TPSA) is 77.4 Å². The van der Waals surface area contributed by atoms with Crippen LogP contribution in [0, 0.1) is 0 Å². The maximum absolute atomic E-state index is 12.9. The van der Waals surface area contributed by atoms with E-state index in [2.05, 4.69) is 20.8 Å². The number of benzene rings is 3. The molecule has 3 aromatic rings. The van der Waals surface area contributed by atoms with Gasteiger partial charge >= 0.3 is 0 Å². The standard InChI is InChI=1S/C34H46O6Si/c1-5-41(6-2,7-3)34(36)33(4,39-26-29-21-15-10-16-22-29)32(38-25-28-19-13-9-14-20-28)31(30(23-35)40-34)37-24-27-17-11-8-12-18-27/h8-22,30-32,35-36H,5-7,23-26H2,1-4H3/t30-,31-,32+,33-,34-/m1/s1. The van der Waals surface area contributed by atoms with Gasteiger partial charge in [-0.15, -0.1) is 0 Å². The minimum atomic E-state index is -2.58. The molecule has 2 N–H and O–H groups in total. The van der Waals surface area contributed by atoms with Gasteiger partial charge in [0.1, 0.15) is 32.0 Å². The third-order valence-electron chi connectivity index (χ3n) is 9.07. The van der Waals surface area contributed by atoms with Crippen molar-refractivity contribution in [3.05, 3.63) is 108 Å². The van der Waals surface area contributed by atoms with Crippen LogP contribution in [0.2, 0.25) is 18.1 Å². The van der Waals surface area contributed by atoms with Crippen LogP contribution in [-0.4, -0.2) is 54.2 Å². The van der Waals surface area contributed by atoms with Gasteiger partial charge in [-0.1, -0.05) is 130 Å². The zero-order valence-corrected chi connectivity index (χ0v) is 25.9. The molecule has 0 radical (unpaired) electrons. The van der Waals surface area contributed by atoms with E-state index in [0.717, 1.165) is 34.8 Å². The van der Waals surface area contributed by atoms with Crippen LogP contribution in [0.1, 0.15) is 44.4 Å². The van der Waals surface area contributed by atoms with Crippen molar-refractivity contribution < 1.29 is 29.2 Å². The van der Waals surface area contributed by atoms with E-state index in [-0.39, 0.29) is 13.2 Å². The summed E-state index contributed by atoms with van der Waals surface area (Å²) in [6.45, 7) is 8.86. The van der Waals surface area contributed by atoms with Crippen LogP contribution in [-0.2, 0) is 38.8 Å². The lowest BCUT2D eigenvalue weighted by molar-refractivity contribution is -0.377. The summed E-state index contributed by atoms with van der Waals surface area (Å²) in [5.41, 5.74) is 0.0481. The van der Waals surface area contributed by atoms with Gasteiger partial charge in [-0.3, -0.25) is 0 Å². The van der Waals surface area contributed by atoms with Crippen molar-refractivity contribution in [3.8, 4) is 0 Å². The van der Waals surface area contributed by atoms with Crippen molar-refractivity contribution in [2.24, 2.45) is 0 Å². The van der Waals surface area contributed by atoms with E-state index < -0.39 is 37.4 Å². The van der Waals surface area contributed by atoms with Crippen LogP contribution in [0.5, 0.6) is 0 Å². The first-order valence-corrected chi connectivity index (χ1v) is 17.5. The van der Waals surface area contributed by atoms with E-state index >= 15 is 0 Å². The second-order valence-electron chi connectivity index (χ2n) is 11.2. The SMILES string of the molecule is CC[Si](CC)(CC)[C@]1(O)O[C@H](CO)[C@@H](OCc2ccccc2)[C@H](OCc2ccccc2)[C@@]1(C)OCc1ccccc1. The Labute approximate surface area is 246 Å². The van der Waals surface area contributed by atoms with Gasteiger partial charge in [0, 0.05) is 0 Å². The molecule has 0 unspecified atom stereocenters. The highest BCUT2D eigenvalue weighted by atomic mass is 28.3. The molecule has 0 spiro atoms. The Morgan fingerprint density at radius 1 is 0.707 bits per heavy atom. The molecule has 0 saturated carbocycles. The Hall–Kier alpha value is -2.36. The molecule has 222 valence electrons. The monoisotopic (exact) mass is 578 g/mol. The van der Waals surface area contributed by atoms with Gasteiger partial charge in [-0.25, -0.2) is 0 Å². The summed E-state index contributed by atoms with van der Waals surface area (Å²) in [4.78, 5) is 0. The van der Waals surface area contributed by atoms with Crippen molar-refractivity contribution in [2.45, 2.75) is 95.0 Å². The molecule has 3 aromatic carbocycles. The van der Waals surface area contributed by atoms with Crippen molar-refractivity contribution in [1.29, 1.82) is 0 Å². The lowest BCUT2D eigenvalue weighted by atomic mass is 9.86. The molecule has 0 aromatic heterocycles. The highest BCUT2D eigenvalue weighted by molar-refractivity contribution is 6.82. The summed E-state index contributed by atoms with van der Waals surface area (Å²) in [5, 5.41) is 23.6. The van der Waals surface area contributed by atoms with Gasteiger partial charge in [0.2, 0.25) is 0 Å². The Bertz CT molecular complexity index is 1170. The molecule has 0 amide bonds. The minimum absolute atomic E-state index is 0.269. The molecule has 5 atom stereocenters. The van der Waals surface area contributed by atoms with Crippen LogP contribution in [0.25, 0.3) is 0 Å². The average Bonchev–Trinajstić information content (AvgIpc) is 3.02. The zero-order chi connectivity index (χ0) is 29.3. The summed E-state index contributed by atoms with van der Waals surface area (Å²) in [5.74, 6) is 0. The average molecular weight is 579 g/mol. The molecule has 4 rings (SSSR count). The summed E-state index contributed by atoms with van der Waals surface area (Å²) in [6, 6.07) is 32.2. The van der Waals surface area contributed by atoms with Gasteiger partial charge in [-0.2, -0.15) is 0 Å². The van der Waals surface area contributed by atoms with Crippen LogP contribution in [0.4, 0.5) is 0 Å². The number of rotatable bonds is 14. The van der Waals surface area contributed by atoms with E-state index in [0.29, 0.717) is 13.2 Å². The Balaban J connectivity index is 1.80. The number of aliphatic hydroxyl groups excluding tert-OH is 1. The Morgan fingerprint density at radius 3 is 1.59 bits per heavy atom. The molecule has 1 aliphatic rings. The summed E-state index contributed by atoms with van der Waals surface area (Å²) in [7, 11) is -2.58. The Morgan fingerprint density at radius 2 is 1.15 bits per heavy atom. The first-order chi connectivity index (χ1) is 19.9. The predicted octanol–water partition coefficient (Wildman–Crippen LogP) is 6.26. The number of ether oxygens (including phenoxy) is 4. The molecule has 1 aliphatic heterocycles. The van der Waals surface area contributed by atoms with E-state index in [1.54, 1.807) is 0 Å². The molecule has 1 fully saturated rings. The fourth-order valence-corrected chi connectivity index (χ4v) is 10.9.